The van der Waals surface area contributed by atoms with Gasteiger partial charge in [0.25, 0.3) is 0 Å². The number of nitrogens with zero attached hydrogens (tertiary/aromatic N) is 6. The molecule has 1 saturated heterocycles. The first-order valence-electron chi connectivity index (χ1n) is 13.2. The van der Waals surface area contributed by atoms with Gasteiger partial charge in [-0.3, -0.25) is 0 Å². The van der Waals surface area contributed by atoms with Crippen molar-refractivity contribution in [1.29, 1.82) is 0 Å². The summed E-state index contributed by atoms with van der Waals surface area (Å²) in [6, 6.07) is 6.33. The summed E-state index contributed by atoms with van der Waals surface area (Å²) in [5.74, 6) is 1.58. The van der Waals surface area contributed by atoms with Crippen LogP contribution in [0.15, 0.2) is 24.3 Å². The molecule has 9 heteroatoms. The molecule has 2 amide bonds. The van der Waals surface area contributed by atoms with Crippen LogP contribution in [0.1, 0.15) is 70.3 Å². The van der Waals surface area contributed by atoms with E-state index in [-0.39, 0.29) is 17.8 Å². The van der Waals surface area contributed by atoms with Crippen LogP contribution in [0.25, 0.3) is 16.7 Å². The van der Waals surface area contributed by atoms with Crippen molar-refractivity contribution in [3.63, 3.8) is 0 Å². The van der Waals surface area contributed by atoms with Crippen molar-refractivity contribution in [2.75, 3.05) is 37.6 Å². The quantitative estimate of drug-likeness (QED) is 0.435. The maximum absolute atomic E-state index is 13.6. The van der Waals surface area contributed by atoms with Gasteiger partial charge >= 0.3 is 6.03 Å². The Hall–Kier alpha value is -3.23. The third-order valence-corrected chi connectivity index (χ3v) is 6.82. The van der Waals surface area contributed by atoms with Crippen LogP contribution in [-0.2, 0) is 0 Å². The van der Waals surface area contributed by atoms with E-state index in [1.807, 2.05) is 11.8 Å². The van der Waals surface area contributed by atoms with Gasteiger partial charge in [0.1, 0.15) is 17.5 Å². The minimum atomic E-state index is -0.285. The Morgan fingerprint density at radius 3 is 2.58 bits per heavy atom. The normalized spacial score (nSPS) is 15.2. The van der Waals surface area contributed by atoms with Crippen LogP contribution in [0.4, 0.5) is 15.0 Å². The molecule has 1 aromatic carbocycles. The monoisotopic (exact) mass is 495 g/mol. The molecule has 0 saturated carbocycles. The maximum atomic E-state index is 13.6. The first kappa shape index (κ1) is 25.9. The fourth-order valence-electron chi connectivity index (χ4n) is 4.77. The van der Waals surface area contributed by atoms with E-state index in [9.17, 15) is 9.18 Å². The molecule has 2 aromatic heterocycles. The lowest BCUT2D eigenvalue weighted by molar-refractivity contribution is 0.201. The number of nitrogens with one attached hydrogen (secondary N) is 1. The zero-order valence-electron chi connectivity index (χ0n) is 21.9. The molecular weight excluding hydrogens is 457 g/mol. The van der Waals surface area contributed by atoms with E-state index in [0.717, 1.165) is 79.3 Å². The molecule has 0 spiro atoms. The van der Waals surface area contributed by atoms with Crippen molar-refractivity contribution in [1.82, 2.24) is 30.0 Å². The molecule has 1 aliphatic heterocycles. The number of hydrogen-bond acceptors (Lipinski definition) is 5. The molecule has 1 fully saturated rings. The maximum Gasteiger partial charge on any atom is 0.317 e. The zero-order valence-corrected chi connectivity index (χ0v) is 21.9. The third kappa shape index (κ3) is 5.60. The molecule has 0 unspecified atom stereocenters. The van der Waals surface area contributed by atoms with Crippen LogP contribution in [-0.4, -0.2) is 63.4 Å². The van der Waals surface area contributed by atoms with Crippen molar-refractivity contribution >= 4 is 22.9 Å². The molecule has 0 bridgehead atoms. The first-order chi connectivity index (χ1) is 17.4. The minimum Gasteiger partial charge on any atom is -0.354 e. The highest BCUT2D eigenvalue weighted by atomic mass is 19.1. The number of unbranched alkanes of at least 4 members (excludes halogenated alkanes) is 1. The molecule has 4 rings (SSSR count). The minimum absolute atomic E-state index is 0.00991. The number of aromatic nitrogens is 4. The van der Waals surface area contributed by atoms with Crippen LogP contribution >= 0.6 is 0 Å². The number of urea groups is 1. The average molecular weight is 496 g/mol. The number of fused-ring (bicyclic) bond motifs is 1. The largest absolute Gasteiger partial charge is 0.354 e. The van der Waals surface area contributed by atoms with E-state index in [2.05, 4.69) is 31.0 Å². The Labute approximate surface area is 212 Å². The Kier molecular flexibility index (Phi) is 8.38. The number of carbonyl (C=O) groups is 1. The van der Waals surface area contributed by atoms with Gasteiger partial charge in [-0.15, -0.1) is 0 Å². The van der Waals surface area contributed by atoms with Gasteiger partial charge in [-0.1, -0.05) is 33.6 Å². The topological polar surface area (TPSA) is 79.2 Å². The van der Waals surface area contributed by atoms with Gasteiger partial charge in [0.05, 0.1) is 16.8 Å². The van der Waals surface area contributed by atoms with E-state index in [4.69, 9.17) is 15.1 Å². The Morgan fingerprint density at radius 2 is 1.86 bits per heavy atom. The second kappa shape index (κ2) is 11.7. The summed E-state index contributed by atoms with van der Waals surface area (Å²) in [7, 11) is 0. The van der Waals surface area contributed by atoms with E-state index in [0.29, 0.717) is 19.6 Å². The molecular formula is C27H38FN7O. The highest BCUT2D eigenvalue weighted by molar-refractivity contribution is 5.91. The number of hydrogen-bond donors (Lipinski definition) is 1. The SMILES string of the molecule is CCCCNC(=O)N1CCCN(c2nc([C@@H](C)CCC)nc3c2c(C)nn3-c2ccc(F)cc2)CC1. The van der Waals surface area contributed by atoms with Crippen molar-refractivity contribution < 1.29 is 9.18 Å². The lowest BCUT2D eigenvalue weighted by Gasteiger charge is -2.24. The second-order valence-electron chi connectivity index (χ2n) is 9.68. The van der Waals surface area contributed by atoms with Gasteiger partial charge in [-0.05, 0) is 50.5 Å². The van der Waals surface area contributed by atoms with Crippen molar-refractivity contribution in [2.24, 2.45) is 0 Å². The summed E-state index contributed by atoms with van der Waals surface area (Å²) in [4.78, 5) is 26.9. The standard InChI is InChI=1S/C27H38FN7O/c1-5-7-14-29-27(36)34-16-8-15-33(17-18-34)25-23-20(4)32-35(22-12-10-21(28)11-13-22)26(23)31-24(30-25)19(3)9-6-2/h10-13,19H,5-9,14-18H2,1-4H3,(H,29,36)/t19-/m0/s1. The van der Waals surface area contributed by atoms with Gasteiger partial charge in [0.15, 0.2) is 5.65 Å². The lowest BCUT2D eigenvalue weighted by atomic mass is 10.1. The van der Waals surface area contributed by atoms with E-state index in [1.54, 1.807) is 16.8 Å². The first-order valence-corrected chi connectivity index (χ1v) is 13.2. The van der Waals surface area contributed by atoms with Gasteiger partial charge < -0.3 is 15.1 Å². The van der Waals surface area contributed by atoms with E-state index < -0.39 is 0 Å². The fraction of sp³-hybridized carbons (Fsp3) is 0.556. The number of halogens is 1. The van der Waals surface area contributed by atoms with Crippen LogP contribution in [0.5, 0.6) is 0 Å². The predicted molar refractivity (Wildman–Crippen MR) is 141 cm³/mol. The zero-order chi connectivity index (χ0) is 25.7. The van der Waals surface area contributed by atoms with Gasteiger partial charge in [-0.2, -0.15) is 5.10 Å². The Bertz CT molecular complexity index is 1180. The third-order valence-electron chi connectivity index (χ3n) is 6.82. The smallest absolute Gasteiger partial charge is 0.317 e. The van der Waals surface area contributed by atoms with Gasteiger partial charge in [0, 0.05) is 38.6 Å². The fourth-order valence-corrected chi connectivity index (χ4v) is 4.77. The molecule has 1 N–H and O–H groups in total. The van der Waals surface area contributed by atoms with Gasteiger partial charge in [0.2, 0.25) is 0 Å². The summed E-state index contributed by atoms with van der Waals surface area (Å²) in [5, 5.41) is 8.74. The molecule has 1 aliphatic rings. The summed E-state index contributed by atoms with van der Waals surface area (Å²) in [6.45, 7) is 12.0. The molecule has 8 nitrogen and oxygen atoms in total. The molecule has 0 aliphatic carbocycles. The predicted octanol–water partition coefficient (Wildman–Crippen LogP) is 5.19. The summed E-state index contributed by atoms with van der Waals surface area (Å²) in [6.07, 6.45) is 4.93. The van der Waals surface area contributed by atoms with E-state index in [1.165, 1.54) is 12.1 Å². The van der Waals surface area contributed by atoms with Crippen LogP contribution in [0.3, 0.4) is 0 Å². The van der Waals surface area contributed by atoms with Crippen molar-refractivity contribution in [2.45, 2.75) is 65.7 Å². The number of anilines is 1. The Morgan fingerprint density at radius 1 is 1.08 bits per heavy atom. The Balaban J connectivity index is 1.70. The molecule has 3 aromatic rings. The second-order valence-corrected chi connectivity index (χ2v) is 9.68. The van der Waals surface area contributed by atoms with Crippen molar-refractivity contribution in [3.05, 3.63) is 41.6 Å². The summed E-state index contributed by atoms with van der Waals surface area (Å²) >= 11 is 0. The molecule has 0 radical (unpaired) electrons. The molecule has 3 heterocycles. The molecule has 194 valence electrons. The van der Waals surface area contributed by atoms with Gasteiger partial charge in [-0.25, -0.2) is 23.8 Å². The highest BCUT2D eigenvalue weighted by Crippen LogP contribution is 2.32. The lowest BCUT2D eigenvalue weighted by Crippen LogP contribution is -2.42. The van der Waals surface area contributed by atoms with Crippen LogP contribution in [0.2, 0.25) is 0 Å². The van der Waals surface area contributed by atoms with Crippen LogP contribution in [0, 0.1) is 12.7 Å². The van der Waals surface area contributed by atoms with Crippen molar-refractivity contribution in [3.8, 4) is 5.69 Å². The number of aryl methyl sites for hydroxylation is 1. The number of carbonyl (C=O) groups excluding carboxylic acids is 1. The average Bonchev–Trinajstić information content (AvgIpc) is 3.04. The van der Waals surface area contributed by atoms with Crippen LogP contribution < -0.4 is 10.2 Å². The number of rotatable bonds is 8. The summed E-state index contributed by atoms with van der Waals surface area (Å²) in [5.41, 5.74) is 2.33. The molecule has 1 atom stereocenters. The number of amides is 2. The highest BCUT2D eigenvalue weighted by Gasteiger charge is 2.26. The van der Waals surface area contributed by atoms with E-state index >= 15 is 0 Å². The summed E-state index contributed by atoms with van der Waals surface area (Å²) < 4.78 is 15.4. The molecule has 36 heavy (non-hydrogen) atoms. The number of benzene rings is 1.